The van der Waals surface area contributed by atoms with Crippen molar-refractivity contribution in [2.45, 2.75) is 32.6 Å². The molecule has 0 atom stereocenters. The Morgan fingerprint density at radius 1 is 1.23 bits per heavy atom. The molecule has 1 N–H and O–H groups in total. The van der Waals surface area contributed by atoms with E-state index < -0.39 is 11.5 Å². The van der Waals surface area contributed by atoms with E-state index >= 15 is 0 Å². The first-order chi connectivity index (χ1) is 12.6. The number of ether oxygens (including phenoxy) is 1. The second-order valence-electron chi connectivity index (χ2n) is 6.18. The maximum Gasteiger partial charge on any atom is 0.360 e. The van der Waals surface area contributed by atoms with E-state index in [1.165, 1.54) is 6.07 Å². The van der Waals surface area contributed by atoms with E-state index in [-0.39, 0.29) is 29.8 Å². The number of anilines is 1. The summed E-state index contributed by atoms with van der Waals surface area (Å²) in [6.07, 6.45) is 3.65. The number of hydrogen-bond donors (Lipinski definition) is 1. The van der Waals surface area contributed by atoms with Crippen LogP contribution in [0.2, 0.25) is 0 Å². The first-order valence-electron chi connectivity index (χ1n) is 8.78. The molecule has 0 saturated heterocycles. The van der Waals surface area contributed by atoms with Crippen molar-refractivity contribution in [2.75, 3.05) is 11.9 Å². The van der Waals surface area contributed by atoms with Crippen LogP contribution < -0.4 is 10.9 Å². The van der Waals surface area contributed by atoms with Crippen molar-refractivity contribution >= 4 is 17.6 Å². The summed E-state index contributed by atoms with van der Waals surface area (Å²) in [7, 11) is 0. The van der Waals surface area contributed by atoms with Crippen molar-refractivity contribution in [3.63, 3.8) is 0 Å². The van der Waals surface area contributed by atoms with Crippen LogP contribution in [0.4, 0.5) is 5.69 Å². The van der Waals surface area contributed by atoms with E-state index in [9.17, 15) is 14.4 Å². The Bertz CT molecular complexity index is 855. The van der Waals surface area contributed by atoms with Gasteiger partial charge >= 0.3 is 5.97 Å². The average Bonchev–Trinajstić information content (AvgIpc) is 3.17. The SMILES string of the molecule is CCOC(=O)c1nn(-c2ccccc2)c(=O)cc1NC(=O)C1CCCC1. The number of benzene rings is 1. The van der Waals surface area contributed by atoms with Gasteiger partial charge in [-0.05, 0) is 31.9 Å². The molecule has 26 heavy (non-hydrogen) atoms. The molecule has 1 heterocycles. The maximum atomic E-state index is 12.5. The quantitative estimate of drug-likeness (QED) is 0.833. The van der Waals surface area contributed by atoms with Crippen molar-refractivity contribution in [1.29, 1.82) is 0 Å². The predicted octanol–water partition coefficient (Wildman–Crippen LogP) is 2.54. The molecule has 1 aliphatic carbocycles. The van der Waals surface area contributed by atoms with Gasteiger partial charge < -0.3 is 10.1 Å². The van der Waals surface area contributed by atoms with E-state index in [1.807, 2.05) is 6.07 Å². The topological polar surface area (TPSA) is 90.3 Å². The minimum absolute atomic E-state index is 0.0818. The molecule has 1 saturated carbocycles. The number of hydrogen-bond acceptors (Lipinski definition) is 5. The molecule has 7 heteroatoms. The standard InChI is InChI=1S/C19H21N3O4/c1-2-26-19(25)17-15(20-18(24)13-8-6-7-9-13)12-16(23)22(21-17)14-10-4-3-5-11-14/h3-5,10-13H,2,6-9H2,1H3,(H,20,24). The minimum Gasteiger partial charge on any atom is -0.461 e. The van der Waals surface area contributed by atoms with Crippen LogP contribution in [0.15, 0.2) is 41.2 Å². The zero-order chi connectivity index (χ0) is 18.5. The third-order valence-corrected chi connectivity index (χ3v) is 4.39. The molecule has 136 valence electrons. The molecule has 0 bridgehead atoms. The van der Waals surface area contributed by atoms with Crippen LogP contribution in [0.3, 0.4) is 0 Å². The second kappa shape index (κ2) is 7.95. The molecular weight excluding hydrogens is 334 g/mol. The highest BCUT2D eigenvalue weighted by atomic mass is 16.5. The van der Waals surface area contributed by atoms with Gasteiger partial charge in [-0.25, -0.2) is 4.79 Å². The zero-order valence-corrected chi connectivity index (χ0v) is 14.6. The molecule has 0 aliphatic heterocycles. The lowest BCUT2D eigenvalue weighted by molar-refractivity contribution is -0.119. The highest BCUT2D eigenvalue weighted by molar-refractivity contribution is 6.00. The van der Waals surface area contributed by atoms with Crippen LogP contribution in [-0.4, -0.2) is 28.3 Å². The number of nitrogens with zero attached hydrogens (tertiary/aromatic N) is 2. The molecule has 1 amide bonds. The Labute approximate surface area is 151 Å². The fourth-order valence-corrected chi connectivity index (χ4v) is 3.08. The van der Waals surface area contributed by atoms with Crippen LogP contribution in [0.25, 0.3) is 5.69 Å². The summed E-state index contributed by atoms with van der Waals surface area (Å²) in [5, 5.41) is 6.85. The number of aromatic nitrogens is 2. The van der Waals surface area contributed by atoms with Crippen LogP contribution in [-0.2, 0) is 9.53 Å². The van der Waals surface area contributed by atoms with Gasteiger partial charge in [0.25, 0.3) is 5.56 Å². The summed E-state index contributed by atoms with van der Waals surface area (Å²) < 4.78 is 6.16. The molecule has 1 aromatic carbocycles. The minimum atomic E-state index is -0.682. The Morgan fingerprint density at radius 3 is 2.58 bits per heavy atom. The number of amides is 1. The fourth-order valence-electron chi connectivity index (χ4n) is 3.08. The van der Waals surface area contributed by atoms with Crippen molar-refractivity contribution in [3.05, 3.63) is 52.4 Å². The van der Waals surface area contributed by atoms with Gasteiger partial charge in [0, 0.05) is 12.0 Å². The van der Waals surface area contributed by atoms with E-state index in [1.54, 1.807) is 31.2 Å². The Kier molecular flexibility index (Phi) is 5.46. The third kappa shape index (κ3) is 3.82. The average molecular weight is 355 g/mol. The lowest BCUT2D eigenvalue weighted by atomic mass is 10.1. The van der Waals surface area contributed by atoms with Crippen LogP contribution >= 0.6 is 0 Å². The van der Waals surface area contributed by atoms with E-state index in [2.05, 4.69) is 10.4 Å². The molecule has 0 unspecified atom stereocenters. The first kappa shape index (κ1) is 17.8. The number of carbonyl (C=O) groups excluding carboxylic acids is 2. The Morgan fingerprint density at radius 2 is 1.92 bits per heavy atom. The highest BCUT2D eigenvalue weighted by Gasteiger charge is 2.26. The fraction of sp³-hybridized carbons (Fsp3) is 0.368. The summed E-state index contributed by atoms with van der Waals surface area (Å²) in [6.45, 7) is 1.85. The molecule has 7 nitrogen and oxygen atoms in total. The molecule has 0 radical (unpaired) electrons. The molecule has 1 aliphatic rings. The molecule has 2 aromatic rings. The summed E-state index contributed by atoms with van der Waals surface area (Å²) >= 11 is 0. The van der Waals surface area contributed by atoms with Gasteiger partial charge in [-0.15, -0.1) is 0 Å². The number of esters is 1. The number of nitrogens with one attached hydrogen (secondary N) is 1. The summed E-state index contributed by atoms with van der Waals surface area (Å²) in [5.74, 6) is -0.966. The van der Waals surface area contributed by atoms with Crippen LogP contribution in [0, 0.1) is 5.92 Å². The third-order valence-electron chi connectivity index (χ3n) is 4.39. The van der Waals surface area contributed by atoms with Crippen molar-refractivity contribution in [2.24, 2.45) is 5.92 Å². The van der Waals surface area contributed by atoms with Gasteiger partial charge in [0.05, 0.1) is 18.0 Å². The molecule has 1 aromatic heterocycles. The Balaban J connectivity index is 1.99. The van der Waals surface area contributed by atoms with Gasteiger partial charge in [0.2, 0.25) is 5.91 Å². The van der Waals surface area contributed by atoms with Gasteiger partial charge in [0.1, 0.15) is 0 Å². The molecule has 0 spiro atoms. The summed E-state index contributed by atoms with van der Waals surface area (Å²) in [6, 6.07) is 9.99. The zero-order valence-electron chi connectivity index (χ0n) is 14.6. The van der Waals surface area contributed by atoms with Crippen molar-refractivity contribution < 1.29 is 14.3 Å². The van der Waals surface area contributed by atoms with E-state index in [0.29, 0.717) is 5.69 Å². The summed E-state index contributed by atoms with van der Waals surface area (Å²) in [5.41, 5.74) is 0.0990. The van der Waals surface area contributed by atoms with Gasteiger partial charge in [0.15, 0.2) is 5.69 Å². The lowest BCUT2D eigenvalue weighted by Crippen LogP contribution is -2.28. The van der Waals surface area contributed by atoms with E-state index in [4.69, 9.17) is 4.74 Å². The van der Waals surface area contributed by atoms with Gasteiger partial charge in [-0.2, -0.15) is 9.78 Å². The first-order valence-corrected chi connectivity index (χ1v) is 8.78. The smallest absolute Gasteiger partial charge is 0.360 e. The molecule has 3 rings (SSSR count). The van der Waals surface area contributed by atoms with Crippen LogP contribution in [0.1, 0.15) is 43.1 Å². The lowest BCUT2D eigenvalue weighted by Gasteiger charge is -2.14. The van der Waals surface area contributed by atoms with E-state index in [0.717, 1.165) is 30.4 Å². The normalized spacial score (nSPS) is 14.2. The maximum absolute atomic E-state index is 12.5. The number of para-hydroxylation sites is 1. The van der Waals surface area contributed by atoms with Crippen molar-refractivity contribution in [1.82, 2.24) is 9.78 Å². The summed E-state index contributed by atoms with van der Waals surface area (Å²) in [4.78, 5) is 37.2. The van der Waals surface area contributed by atoms with Crippen molar-refractivity contribution in [3.8, 4) is 5.69 Å². The van der Waals surface area contributed by atoms with Crippen LogP contribution in [0.5, 0.6) is 0 Å². The predicted molar refractivity (Wildman–Crippen MR) is 96.4 cm³/mol. The molecular formula is C19H21N3O4. The second-order valence-corrected chi connectivity index (χ2v) is 6.18. The number of rotatable bonds is 5. The number of carbonyl (C=O) groups is 2. The largest absolute Gasteiger partial charge is 0.461 e. The van der Waals surface area contributed by atoms with Gasteiger partial charge in [-0.3, -0.25) is 9.59 Å². The van der Waals surface area contributed by atoms with Gasteiger partial charge in [-0.1, -0.05) is 31.0 Å². The monoisotopic (exact) mass is 355 g/mol. The Hall–Kier alpha value is -2.96. The molecule has 1 fully saturated rings. The highest BCUT2D eigenvalue weighted by Crippen LogP contribution is 2.26.